The van der Waals surface area contributed by atoms with Gasteiger partial charge in [0.1, 0.15) is 4.60 Å². The van der Waals surface area contributed by atoms with Crippen LogP contribution in [0.1, 0.15) is 12.5 Å². The number of nitrogens with zero attached hydrogens (tertiary/aromatic N) is 1. The van der Waals surface area contributed by atoms with Crippen LogP contribution < -0.4 is 0 Å². The molecule has 1 rings (SSSR count). The van der Waals surface area contributed by atoms with Gasteiger partial charge in [0.15, 0.2) is 0 Å². The van der Waals surface area contributed by atoms with Gasteiger partial charge in [-0.05, 0) is 50.4 Å². The molecule has 0 bridgehead atoms. The molecule has 5 heteroatoms. The van der Waals surface area contributed by atoms with Gasteiger partial charge >= 0.3 is 5.97 Å². The van der Waals surface area contributed by atoms with Gasteiger partial charge in [-0.1, -0.05) is 0 Å². The maximum Gasteiger partial charge on any atom is 0.310 e. The van der Waals surface area contributed by atoms with E-state index in [9.17, 15) is 4.79 Å². The molecule has 0 aliphatic heterocycles. The van der Waals surface area contributed by atoms with Crippen molar-refractivity contribution in [3.05, 3.63) is 26.9 Å². The Labute approximate surface area is 99.1 Å². The van der Waals surface area contributed by atoms with Crippen LogP contribution in [0.2, 0.25) is 0 Å². The fraction of sp³-hybridized carbons (Fsp3) is 0.333. The summed E-state index contributed by atoms with van der Waals surface area (Å²) in [5, 5.41) is 0. The van der Waals surface area contributed by atoms with Crippen molar-refractivity contribution in [2.45, 2.75) is 13.3 Å². The molecule has 1 aromatic rings. The standard InChI is InChI=1S/C9H9Br2NO2/c1-2-14-8(13)4-6-3-7(10)5-12-9(6)11/h3,5H,2,4H2,1H3. The number of rotatable bonds is 3. The number of carbonyl (C=O) groups excluding carboxylic acids is 1. The van der Waals surface area contributed by atoms with E-state index in [1.54, 1.807) is 13.1 Å². The normalized spacial score (nSPS) is 9.93. The summed E-state index contributed by atoms with van der Waals surface area (Å²) in [5.74, 6) is -0.242. The van der Waals surface area contributed by atoms with E-state index in [1.807, 2.05) is 6.07 Å². The molecule has 0 aliphatic rings. The van der Waals surface area contributed by atoms with Crippen molar-refractivity contribution in [1.82, 2.24) is 4.98 Å². The van der Waals surface area contributed by atoms with Gasteiger partial charge in [0.25, 0.3) is 0 Å². The predicted molar refractivity (Wildman–Crippen MR) is 60.0 cm³/mol. The fourth-order valence-electron chi connectivity index (χ4n) is 0.956. The SMILES string of the molecule is CCOC(=O)Cc1cc(Br)cnc1Br. The second-order valence-electron chi connectivity index (χ2n) is 2.59. The van der Waals surface area contributed by atoms with Gasteiger partial charge in [0, 0.05) is 10.7 Å². The summed E-state index contributed by atoms with van der Waals surface area (Å²) in [6, 6.07) is 1.84. The van der Waals surface area contributed by atoms with Crippen molar-refractivity contribution < 1.29 is 9.53 Å². The minimum Gasteiger partial charge on any atom is -0.466 e. The maximum absolute atomic E-state index is 11.2. The molecule has 0 N–H and O–H groups in total. The molecule has 0 aliphatic carbocycles. The van der Waals surface area contributed by atoms with Crippen molar-refractivity contribution in [3.8, 4) is 0 Å². The van der Waals surface area contributed by atoms with Crippen LogP contribution in [0.3, 0.4) is 0 Å². The van der Waals surface area contributed by atoms with Crippen LogP contribution in [0.5, 0.6) is 0 Å². The van der Waals surface area contributed by atoms with Gasteiger partial charge < -0.3 is 4.74 Å². The van der Waals surface area contributed by atoms with Crippen LogP contribution in [0, 0.1) is 0 Å². The zero-order valence-electron chi connectivity index (χ0n) is 7.59. The minimum absolute atomic E-state index is 0.237. The van der Waals surface area contributed by atoms with Crippen molar-refractivity contribution >= 4 is 37.8 Å². The smallest absolute Gasteiger partial charge is 0.310 e. The molecule has 0 radical (unpaired) electrons. The van der Waals surface area contributed by atoms with Crippen LogP contribution in [-0.2, 0) is 16.0 Å². The summed E-state index contributed by atoms with van der Waals surface area (Å²) < 4.78 is 6.36. The second-order valence-corrected chi connectivity index (χ2v) is 4.25. The molecule has 1 heterocycles. The Morgan fingerprint density at radius 2 is 2.29 bits per heavy atom. The Morgan fingerprint density at radius 3 is 2.93 bits per heavy atom. The van der Waals surface area contributed by atoms with E-state index in [0.717, 1.165) is 10.0 Å². The molecule has 0 fully saturated rings. The number of ether oxygens (including phenoxy) is 1. The van der Waals surface area contributed by atoms with Gasteiger partial charge in [-0.3, -0.25) is 4.79 Å². The fourth-order valence-corrected chi connectivity index (χ4v) is 1.69. The molecule has 0 atom stereocenters. The largest absolute Gasteiger partial charge is 0.466 e. The Balaban J connectivity index is 2.75. The number of hydrogen-bond acceptors (Lipinski definition) is 3. The highest BCUT2D eigenvalue weighted by Gasteiger charge is 2.08. The number of hydrogen-bond donors (Lipinski definition) is 0. The zero-order chi connectivity index (χ0) is 10.6. The van der Waals surface area contributed by atoms with Crippen molar-refractivity contribution in [3.63, 3.8) is 0 Å². The first kappa shape index (κ1) is 11.7. The van der Waals surface area contributed by atoms with E-state index < -0.39 is 0 Å². The molecular formula is C9H9Br2NO2. The highest BCUT2D eigenvalue weighted by Crippen LogP contribution is 2.19. The predicted octanol–water partition coefficient (Wildman–Crippen LogP) is 2.71. The van der Waals surface area contributed by atoms with E-state index in [-0.39, 0.29) is 12.4 Å². The molecule has 76 valence electrons. The summed E-state index contributed by atoms with van der Waals surface area (Å²) in [4.78, 5) is 15.2. The molecule has 0 saturated carbocycles. The topological polar surface area (TPSA) is 39.2 Å². The molecule has 0 spiro atoms. The van der Waals surface area contributed by atoms with Crippen molar-refractivity contribution in [1.29, 1.82) is 0 Å². The van der Waals surface area contributed by atoms with E-state index in [4.69, 9.17) is 4.74 Å². The van der Waals surface area contributed by atoms with Crippen LogP contribution in [0.15, 0.2) is 21.3 Å². The lowest BCUT2D eigenvalue weighted by Gasteiger charge is -2.03. The molecule has 0 unspecified atom stereocenters. The summed E-state index contributed by atoms with van der Waals surface area (Å²) in [6.45, 7) is 2.18. The lowest BCUT2D eigenvalue weighted by atomic mass is 10.2. The van der Waals surface area contributed by atoms with Crippen LogP contribution in [0.25, 0.3) is 0 Å². The molecule has 1 aromatic heterocycles. The summed E-state index contributed by atoms with van der Waals surface area (Å²) >= 11 is 6.56. The average molecular weight is 323 g/mol. The average Bonchev–Trinajstić information content (AvgIpc) is 2.12. The lowest BCUT2D eigenvalue weighted by Crippen LogP contribution is -2.08. The highest BCUT2D eigenvalue weighted by atomic mass is 79.9. The monoisotopic (exact) mass is 321 g/mol. The Morgan fingerprint density at radius 1 is 1.57 bits per heavy atom. The van der Waals surface area contributed by atoms with Gasteiger partial charge in [-0.15, -0.1) is 0 Å². The van der Waals surface area contributed by atoms with Gasteiger partial charge in [-0.2, -0.15) is 0 Å². The van der Waals surface area contributed by atoms with Crippen molar-refractivity contribution in [2.24, 2.45) is 0 Å². The molecule has 14 heavy (non-hydrogen) atoms. The summed E-state index contributed by atoms with van der Waals surface area (Å²) in [6.07, 6.45) is 1.90. The third kappa shape index (κ3) is 3.38. The molecule has 3 nitrogen and oxygen atoms in total. The van der Waals surface area contributed by atoms with Crippen LogP contribution in [0.4, 0.5) is 0 Å². The number of esters is 1. The third-order valence-electron chi connectivity index (χ3n) is 1.52. The first-order valence-electron chi connectivity index (χ1n) is 4.09. The minimum atomic E-state index is -0.242. The first-order valence-corrected chi connectivity index (χ1v) is 5.67. The number of pyridine rings is 1. The van der Waals surface area contributed by atoms with Gasteiger partial charge in [0.05, 0.1) is 13.0 Å². The van der Waals surface area contributed by atoms with Crippen LogP contribution in [-0.4, -0.2) is 17.6 Å². The highest BCUT2D eigenvalue weighted by molar-refractivity contribution is 9.11. The van der Waals surface area contributed by atoms with E-state index in [2.05, 4.69) is 36.8 Å². The van der Waals surface area contributed by atoms with E-state index >= 15 is 0 Å². The second kappa shape index (κ2) is 5.46. The summed E-state index contributed by atoms with van der Waals surface area (Å²) in [5.41, 5.74) is 0.817. The molecule has 0 aromatic carbocycles. The third-order valence-corrected chi connectivity index (χ3v) is 2.67. The van der Waals surface area contributed by atoms with Gasteiger partial charge in [0.2, 0.25) is 0 Å². The van der Waals surface area contributed by atoms with E-state index in [1.165, 1.54) is 0 Å². The number of aromatic nitrogens is 1. The van der Waals surface area contributed by atoms with Crippen LogP contribution >= 0.6 is 31.9 Å². The lowest BCUT2D eigenvalue weighted by molar-refractivity contribution is -0.142. The molecular weight excluding hydrogens is 314 g/mol. The van der Waals surface area contributed by atoms with Gasteiger partial charge in [-0.25, -0.2) is 4.98 Å². The zero-order valence-corrected chi connectivity index (χ0v) is 10.8. The van der Waals surface area contributed by atoms with E-state index in [0.29, 0.717) is 11.2 Å². The Hall–Kier alpha value is -0.420. The maximum atomic E-state index is 11.2. The quantitative estimate of drug-likeness (QED) is 0.634. The molecule has 0 amide bonds. The Bertz CT molecular complexity index is 342. The Kier molecular flexibility index (Phi) is 4.54. The number of halogens is 2. The summed E-state index contributed by atoms with van der Waals surface area (Å²) in [7, 11) is 0. The van der Waals surface area contributed by atoms with Crippen molar-refractivity contribution in [2.75, 3.05) is 6.61 Å². The number of carbonyl (C=O) groups is 1. The first-order chi connectivity index (χ1) is 6.63. The molecule has 0 saturated heterocycles.